The summed E-state index contributed by atoms with van der Waals surface area (Å²) in [6.45, 7) is 2.01. The standard InChI is InChI=1S/C20H21FN2O3/c1-11(22-2)14-9-17-15(10-16(14)25-4)18(20(24)23-3)19(26-17)12-5-7-13(21)8-6-12/h5-11,22H,1-4H3,(H,23,24). The molecule has 2 N–H and O–H groups in total. The van der Waals surface area contributed by atoms with E-state index >= 15 is 0 Å². The number of ether oxygens (including phenoxy) is 1. The lowest BCUT2D eigenvalue weighted by Gasteiger charge is -2.15. The topological polar surface area (TPSA) is 63.5 Å². The van der Waals surface area contributed by atoms with Crippen LogP contribution in [-0.2, 0) is 0 Å². The van der Waals surface area contributed by atoms with Gasteiger partial charge in [0.1, 0.15) is 22.9 Å². The number of rotatable bonds is 5. The van der Waals surface area contributed by atoms with E-state index in [0.29, 0.717) is 33.6 Å². The summed E-state index contributed by atoms with van der Waals surface area (Å²) < 4.78 is 24.8. The molecule has 3 aromatic rings. The van der Waals surface area contributed by atoms with Crippen LogP contribution in [0.4, 0.5) is 4.39 Å². The highest BCUT2D eigenvalue weighted by Gasteiger charge is 2.24. The van der Waals surface area contributed by atoms with Gasteiger partial charge in [0.05, 0.1) is 12.7 Å². The Balaban J connectivity index is 2.30. The molecule has 0 saturated heterocycles. The minimum Gasteiger partial charge on any atom is -0.496 e. The van der Waals surface area contributed by atoms with Crippen molar-refractivity contribution in [2.45, 2.75) is 13.0 Å². The number of furan rings is 1. The number of benzene rings is 2. The molecule has 1 heterocycles. The zero-order chi connectivity index (χ0) is 18.8. The van der Waals surface area contributed by atoms with Gasteiger partial charge in [-0.2, -0.15) is 0 Å². The van der Waals surface area contributed by atoms with Crippen LogP contribution < -0.4 is 15.4 Å². The van der Waals surface area contributed by atoms with E-state index in [0.717, 1.165) is 5.56 Å². The molecule has 3 rings (SSSR count). The lowest BCUT2D eigenvalue weighted by molar-refractivity contribution is 0.0964. The predicted octanol–water partition coefficient (Wildman–Crippen LogP) is 3.89. The number of nitrogens with one attached hydrogen (secondary N) is 2. The van der Waals surface area contributed by atoms with E-state index in [-0.39, 0.29) is 17.8 Å². The van der Waals surface area contributed by atoms with Crippen LogP contribution in [-0.4, -0.2) is 27.1 Å². The number of hydrogen-bond acceptors (Lipinski definition) is 4. The van der Waals surface area contributed by atoms with Crippen LogP contribution in [0.1, 0.15) is 28.9 Å². The number of fused-ring (bicyclic) bond motifs is 1. The Morgan fingerprint density at radius 3 is 2.46 bits per heavy atom. The summed E-state index contributed by atoms with van der Waals surface area (Å²) >= 11 is 0. The summed E-state index contributed by atoms with van der Waals surface area (Å²) in [6.07, 6.45) is 0. The minimum absolute atomic E-state index is 0.0390. The maximum Gasteiger partial charge on any atom is 0.255 e. The first kappa shape index (κ1) is 17.9. The van der Waals surface area contributed by atoms with E-state index in [2.05, 4.69) is 10.6 Å². The molecule has 0 spiro atoms. The third-order valence-corrected chi connectivity index (χ3v) is 4.50. The van der Waals surface area contributed by atoms with Crippen molar-refractivity contribution in [3.05, 3.63) is 53.3 Å². The number of methoxy groups -OCH3 is 1. The molecule has 0 aliphatic heterocycles. The molecular formula is C20H21FN2O3. The van der Waals surface area contributed by atoms with Gasteiger partial charge in [-0.1, -0.05) is 0 Å². The zero-order valence-corrected chi connectivity index (χ0v) is 15.1. The Labute approximate surface area is 151 Å². The first-order valence-corrected chi connectivity index (χ1v) is 8.29. The molecule has 26 heavy (non-hydrogen) atoms. The first-order valence-electron chi connectivity index (χ1n) is 8.29. The van der Waals surface area contributed by atoms with Crippen molar-refractivity contribution < 1.29 is 18.3 Å². The van der Waals surface area contributed by atoms with E-state index in [9.17, 15) is 9.18 Å². The lowest BCUT2D eigenvalue weighted by atomic mass is 10.0. The van der Waals surface area contributed by atoms with Crippen molar-refractivity contribution in [1.29, 1.82) is 0 Å². The van der Waals surface area contributed by atoms with Crippen LogP contribution >= 0.6 is 0 Å². The molecule has 2 aromatic carbocycles. The molecule has 0 saturated carbocycles. The quantitative estimate of drug-likeness (QED) is 0.728. The Bertz CT molecular complexity index is 948. The predicted molar refractivity (Wildman–Crippen MR) is 99.0 cm³/mol. The van der Waals surface area contributed by atoms with Crippen LogP contribution in [0, 0.1) is 5.82 Å². The summed E-state index contributed by atoms with van der Waals surface area (Å²) in [7, 11) is 5.01. The third kappa shape index (κ3) is 3.04. The number of carbonyl (C=O) groups excluding carboxylic acids is 1. The Kier molecular flexibility index (Phi) is 4.95. The molecule has 0 aliphatic carbocycles. The molecule has 0 radical (unpaired) electrons. The van der Waals surface area contributed by atoms with Gasteiger partial charge in [-0.25, -0.2) is 4.39 Å². The maximum absolute atomic E-state index is 13.3. The second-order valence-corrected chi connectivity index (χ2v) is 5.99. The van der Waals surface area contributed by atoms with Gasteiger partial charge in [0.2, 0.25) is 0 Å². The van der Waals surface area contributed by atoms with Gasteiger partial charge in [-0.05, 0) is 50.4 Å². The van der Waals surface area contributed by atoms with Crippen molar-refractivity contribution in [3.63, 3.8) is 0 Å². The molecule has 0 bridgehead atoms. The van der Waals surface area contributed by atoms with Gasteiger partial charge in [0.15, 0.2) is 0 Å². The van der Waals surface area contributed by atoms with Gasteiger partial charge in [-0.3, -0.25) is 4.79 Å². The number of hydrogen-bond donors (Lipinski definition) is 2. The third-order valence-electron chi connectivity index (χ3n) is 4.50. The van der Waals surface area contributed by atoms with E-state index < -0.39 is 0 Å². The number of amides is 1. The van der Waals surface area contributed by atoms with Gasteiger partial charge in [-0.15, -0.1) is 0 Å². The van der Waals surface area contributed by atoms with Crippen LogP contribution in [0.3, 0.4) is 0 Å². The number of halogens is 1. The second kappa shape index (κ2) is 7.17. The Morgan fingerprint density at radius 1 is 1.19 bits per heavy atom. The van der Waals surface area contributed by atoms with Crippen LogP contribution in [0.25, 0.3) is 22.3 Å². The SMILES string of the molecule is CNC(=O)c1c(-c2ccc(F)cc2)oc2cc(C(C)NC)c(OC)cc12. The molecule has 0 aliphatic rings. The normalized spacial score (nSPS) is 12.2. The molecule has 5 nitrogen and oxygen atoms in total. The van der Waals surface area contributed by atoms with Gasteiger partial charge in [0, 0.05) is 29.6 Å². The van der Waals surface area contributed by atoms with Crippen LogP contribution in [0.2, 0.25) is 0 Å². The molecule has 136 valence electrons. The molecule has 1 unspecified atom stereocenters. The summed E-state index contributed by atoms with van der Waals surface area (Å²) in [4.78, 5) is 12.5. The maximum atomic E-state index is 13.3. The smallest absolute Gasteiger partial charge is 0.255 e. The van der Waals surface area contributed by atoms with Gasteiger partial charge in [0.25, 0.3) is 5.91 Å². The highest BCUT2D eigenvalue weighted by Crippen LogP contribution is 2.38. The van der Waals surface area contributed by atoms with E-state index in [1.165, 1.54) is 12.1 Å². The van der Waals surface area contributed by atoms with E-state index in [4.69, 9.17) is 9.15 Å². The van der Waals surface area contributed by atoms with Crippen molar-refractivity contribution in [1.82, 2.24) is 10.6 Å². The monoisotopic (exact) mass is 356 g/mol. The molecule has 1 atom stereocenters. The fourth-order valence-electron chi connectivity index (χ4n) is 2.96. The fourth-order valence-corrected chi connectivity index (χ4v) is 2.96. The highest BCUT2D eigenvalue weighted by molar-refractivity contribution is 6.11. The second-order valence-electron chi connectivity index (χ2n) is 5.99. The highest BCUT2D eigenvalue weighted by atomic mass is 19.1. The molecular weight excluding hydrogens is 335 g/mol. The largest absolute Gasteiger partial charge is 0.496 e. The Hall–Kier alpha value is -2.86. The summed E-state index contributed by atoms with van der Waals surface area (Å²) in [5, 5.41) is 6.46. The van der Waals surface area contributed by atoms with Gasteiger partial charge < -0.3 is 19.8 Å². The van der Waals surface area contributed by atoms with Crippen molar-refractivity contribution in [2.75, 3.05) is 21.2 Å². The van der Waals surface area contributed by atoms with E-state index in [1.807, 2.05) is 20.0 Å². The van der Waals surface area contributed by atoms with Crippen molar-refractivity contribution in [2.24, 2.45) is 0 Å². The van der Waals surface area contributed by atoms with E-state index in [1.54, 1.807) is 32.4 Å². The lowest BCUT2D eigenvalue weighted by Crippen LogP contribution is -2.18. The summed E-state index contributed by atoms with van der Waals surface area (Å²) in [5.41, 5.74) is 2.52. The fraction of sp³-hybridized carbons (Fsp3) is 0.250. The molecule has 6 heteroatoms. The van der Waals surface area contributed by atoms with Crippen molar-refractivity contribution in [3.8, 4) is 17.1 Å². The minimum atomic E-state index is -0.349. The average molecular weight is 356 g/mol. The number of carbonyl (C=O) groups is 1. The first-order chi connectivity index (χ1) is 12.5. The molecule has 1 aromatic heterocycles. The summed E-state index contributed by atoms with van der Waals surface area (Å²) in [5.74, 6) is 0.435. The van der Waals surface area contributed by atoms with Crippen LogP contribution in [0.15, 0.2) is 40.8 Å². The molecule has 1 amide bonds. The van der Waals surface area contributed by atoms with Crippen LogP contribution in [0.5, 0.6) is 5.75 Å². The summed E-state index contributed by atoms with van der Waals surface area (Å²) in [6, 6.07) is 9.57. The van der Waals surface area contributed by atoms with Gasteiger partial charge >= 0.3 is 0 Å². The molecule has 0 fully saturated rings. The Morgan fingerprint density at radius 2 is 1.88 bits per heavy atom. The zero-order valence-electron chi connectivity index (χ0n) is 15.1. The van der Waals surface area contributed by atoms with Crippen molar-refractivity contribution >= 4 is 16.9 Å². The average Bonchev–Trinajstić information content (AvgIpc) is 3.04.